The Bertz CT molecular complexity index is 1100. The molecule has 0 saturated heterocycles. The van der Waals surface area contributed by atoms with Crippen LogP contribution in [0.3, 0.4) is 0 Å². The Kier molecular flexibility index (Phi) is 10.4. The minimum atomic E-state index is -0.574. The average molecular weight is 489 g/mol. The molecule has 0 radical (unpaired) electrons. The summed E-state index contributed by atoms with van der Waals surface area (Å²) in [5.74, 6) is 0.982. The van der Waals surface area contributed by atoms with Crippen LogP contribution in [-0.4, -0.2) is 35.1 Å². The van der Waals surface area contributed by atoms with E-state index < -0.39 is 6.04 Å². The molecule has 0 spiro atoms. The predicted octanol–water partition coefficient (Wildman–Crippen LogP) is 5.70. The zero-order valence-electron chi connectivity index (χ0n) is 21.0. The largest absolute Gasteiger partial charge is 0.354 e. The van der Waals surface area contributed by atoms with Crippen LogP contribution >= 0.6 is 11.8 Å². The molecule has 1 unspecified atom stereocenters. The number of aryl methyl sites for hydroxylation is 2. The van der Waals surface area contributed by atoms with Gasteiger partial charge in [-0.3, -0.25) is 9.59 Å². The molecule has 1 atom stereocenters. The molecule has 3 aromatic carbocycles. The number of nitrogens with one attached hydrogen (secondary N) is 1. The lowest BCUT2D eigenvalue weighted by atomic mass is 10.0. The summed E-state index contributed by atoms with van der Waals surface area (Å²) in [7, 11) is 0. The van der Waals surface area contributed by atoms with Gasteiger partial charge < -0.3 is 10.2 Å². The Morgan fingerprint density at radius 3 is 2.09 bits per heavy atom. The van der Waals surface area contributed by atoms with Crippen molar-refractivity contribution in [1.82, 2.24) is 10.2 Å². The summed E-state index contributed by atoms with van der Waals surface area (Å²) in [5.41, 5.74) is 5.68. The van der Waals surface area contributed by atoms with E-state index in [9.17, 15) is 9.59 Å². The first kappa shape index (κ1) is 26.6. The van der Waals surface area contributed by atoms with Gasteiger partial charge in [-0.15, -0.1) is 11.8 Å². The second-order valence-corrected chi connectivity index (χ2v) is 9.85. The third kappa shape index (κ3) is 8.00. The van der Waals surface area contributed by atoms with Crippen LogP contribution in [0.1, 0.15) is 41.2 Å². The van der Waals surface area contributed by atoms with E-state index in [4.69, 9.17) is 0 Å². The molecule has 0 bridgehead atoms. The molecule has 0 heterocycles. The Hall–Kier alpha value is -3.05. The number of thioether (sulfide) groups is 1. The first-order chi connectivity index (χ1) is 17.0. The average Bonchev–Trinajstić information content (AvgIpc) is 2.87. The zero-order valence-corrected chi connectivity index (χ0v) is 21.8. The highest BCUT2D eigenvalue weighted by Crippen LogP contribution is 2.21. The minimum absolute atomic E-state index is 0.0144. The molecule has 0 fully saturated rings. The molecule has 4 nitrogen and oxygen atoms in total. The highest BCUT2D eigenvalue weighted by molar-refractivity contribution is 7.99. The van der Waals surface area contributed by atoms with Crippen LogP contribution in [0, 0.1) is 13.8 Å². The van der Waals surface area contributed by atoms with Crippen LogP contribution in [0.5, 0.6) is 0 Å². The molecule has 3 rings (SSSR count). The standard InChI is InChI=1S/C30H36N2O2S/c1-4-18-31-30(34)28(19-25-14-6-5-7-15-25)32(20-26-16-10-8-12-23(26)2)29(33)22-35-21-27-17-11-9-13-24(27)3/h5-17,28H,4,18-22H2,1-3H3,(H,31,34). The highest BCUT2D eigenvalue weighted by Gasteiger charge is 2.30. The van der Waals surface area contributed by atoms with Crippen LogP contribution in [0.15, 0.2) is 78.9 Å². The lowest BCUT2D eigenvalue weighted by Gasteiger charge is -2.32. The van der Waals surface area contributed by atoms with E-state index >= 15 is 0 Å². The Labute approximate surface area is 214 Å². The summed E-state index contributed by atoms with van der Waals surface area (Å²) in [4.78, 5) is 28.8. The molecule has 0 aliphatic carbocycles. The summed E-state index contributed by atoms with van der Waals surface area (Å²) in [5, 5.41) is 3.04. The van der Waals surface area contributed by atoms with Gasteiger partial charge in [0, 0.05) is 25.3 Å². The second-order valence-electron chi connectivity index (χ2n) is 8.86. The Balaban J connectivity index is 1.85. The van der Waals surface area contributed by atoms with Gasteiger partial charge in [-0.05, 0) is 48.1 Å². The first-order valence-electron chi connectivity index (χ1n) is 12.3. The van der Waals surface area contributed by atoms with Gasteiger partial charge in [0.1, 0.15) is 6.04 Å². The molecule has 0 aromatic heterocycles. The van der Waals surface area contributed by atoms with Gasteiger partial charge >= 0.3 is 0 Å². The number of carbonyl (C=O) groups is 2. The summed E-state index contributed by atoms with van der Waals surface area (Å²) >= 11 is 1.60. The van der Waals surface area contributed by atoms with E-state index in [0.29, 0.717) is 25.3 Å². The summed E-state index contributed by atoms with van der Waals surface area (Å²) < 4.78 is 0. The third-order valence-electron chi connectivity index (χ3n) is 6.17. The summed E-state index contributed by atoms with van der Waals surface area (Å²) in [6.07, 6.45) is 1.33. The van der Waals surface area contributed by atoms with Crippen molar-refractivity contribution in [2.45, 2.75) is 52.0 Å². The quantitative estimate of drug-likeness (QED) is 0.356. The molecule has 2 amide bonds. The van der Waals surface area contributed by atoms with Crippen molar-refractivity contribution in [3.63, 3.8) is 0 Å². The number of nitrogens with zero attached hydrogens (tertiary/aromatic N) is 1. The van der Waals surface area contributed by atoms with Crippen molar-refractivity contribution < 1.29 is 9.59 Å². The van der Waals surface area contributed by atoms with Gasteiger partial charge in [-0.25, -0.2) is 0 Å². The van der Waals surface area contributed by atoms with Gasteiger partial charge in [0.25, 0.3) is 0 Å². The molecule has 1 N–H and O–H groups in total. The van der Waals surface area contributed by atoms with Gasteiger partial charge in [-0.1, -0.05) is 85.8 Å². The molecule has 0 aliphatic rings. The molecule has 3 aromatic rings. The molecule has 35 heavy (non-hydrogen) atoms. The summed E-state index contributed by atoms with van der Waals surface area (Å²) in [6.45, 7) is 7.18. The smallest absolute Gasteiger partial charge is 0.243 e. The lowest BCUT2D eigenvalue weighted by Crippen LogP contribution is -2.51. The number of rotatable bonds is 12. The van der Waals surface area contributed by atoms with Crippen molar-refractivity contribution in [2.75, 3.05) is 12.3 Å². The topological polar surface area (TPSA) is 49.4 Å². The Morgan fingerprint density at radius 2 is 1.46 bits per heavy atom. The molecule has 0 aliphatic heterocycles. The van der Waals surface area contributed by atoms with Crippen LogP contribution in [-0.2, 0) is 28.3 Å². The van der Waals surface area contributed by atoms with Crippen LogP contribution < -0.4 is 5.32 Å². The molecular formula is C30H36N2O2S. The van der Waals surface area contributed by atoms with E-state index in [0.717, 1.165) is 28.9 Å². The van der Waals surface area contributed by atoms with Crippen molar-refractivity contribution in [1.29, 1.82) is 0 Å². The fourth-order valence-corrected chi connectivity index (χ4v) is 4.98. The maximum Gasteiger partial charge on any atom is 0.243 e. The maximum absolute atomic E-state index is 13.7. The monoisotopic (exact) mass is 488 g/mol. The van der Waals surface area contributed by atoms with Gasteiger partial charge in [0.05, 0.1) is 5.75 Å². The van der Waals surface area contributed by atoms with Crippen molar-refractivity contribution in [3.05, 3.63) is 107 Å². The van der Waals surface area contributed by atoms with Crippen LogP contribution in [0.2, 0.25) is 0 Å². The maximum atomic E-state index is 13.7. The normalized spacial score (nSPS) is 11.6. The van der Waals surface area contributed by atoms with E-state index in [-0.39, 0.29) is 11.8 Å². The van der Waals surface area contributed by atoms with Crippen molar-refractivity contribution in [2.24, 2.45) is 0 Å². The second kappa shape index (κ2) is 13.7. The fourth-order valence-electron chi connectivity index (χ4n) is 3.99. The number of hydrogen-bond donors (Lipinski definition) is 1. The number of benzene rings is 3. The van der Waals surface area contributed by atoms with Gasteiger partial charge in [0.15, 0.2) is 0 Å². The lowest BCUT2D eigenvalue weighted by molar-refractivity contribution is -0.139. The van der Waals surface area contributed by atoms with E-state index in [1.165, 1.54) is 11.1 Å². The molecule has 184 valence electrons. The van der Waals surface area contributed by atoms with Crippen LogP contribution in [0.25, 0.3) is 0 Å². The van der Waals surface area contributed by atoms with Crippen molar-refractivity contribution in [3.8, 4) is 0 Å². The highest BCUT2D eigenvalue weighted by atomic mass is 32.2. The number of hydrogen-bond acceptors (Lipinski definition) is 3. The van der Waals surface area contributed by atoms with Crippen molar-refractivity contribution >= 4 is 23.6 Å². The van der Waals surface area contributed by atoms with Crippen LogP contribution in [0.4, 0.5) is 0 Å². The fraction of sp³-hybridized carbons (Fsp3) is 0.333. The third-order valence-corrected chi connectivity index (χ3v) is 7.13. The molecule has 5 heteroatoms. The predicted molar refractivity (Wildman–Crippen MR) is 146 cm³/mol. The minimum Gasteiger partial charge on any atom is -0.354 e. The number of amides is 2. The molecular weight excluding hydrogens is 452 g/mol. The molecule has 0 saturated carbocycles. The van der Waals surface area contributed by atoms with E-state index in [1.54, 1.807) is 16.7 Å². The Morgan fingerprint density at radius 1 is 0.857 bits per heavy atom. The van der Waals surface area contributed by atoms with E-state index in [2.05, 4.69) is 24.4 Å². The number of carbonyl (C=O) groups excluding carboxylic acids is 2. The van der Waals surface area contributed by atoms with Gasteiger partial charge in [-0.2, -0.15) is 0 Å². The van der Waals surface area contributed by atoms with E-state index in [1.807, 2.05) is 80.6 Å². The SMILES string of the molecule is CCCNC(=O)C(Cc1ccccc1)N(Cc1ccccc1C)C(=O)CSCc1ccccc1C. The first-order valence-corrected chi connectivity index (χ1v) is 13.4. The van der Waals surface area contributed by atoms with Gasteiger partial charge in [0.2, 0.25) is 11.8 Å². The summed E-state index contributed by atoms with van der Waals surface area (Å²) in [6, 6.07) is 25.7. The zero-order chi connectivity index (χ0) is 25.0.